The number of amides is 3. The number of nitrogens with one attached hydrogen (secondary N) is 1. The zero-order valence-corrected chi connectivity index (χ0v) is 16.8. The monoisotopic (exact) mass is 446 g/mol. The summed E-state index contributed by atoms with van der Waals surface area (Å²) in [5, 5.41) is 9.01. The smallest absolute Gasteiger partial charge is 0.387 e. The first-order chi connectivity index (χ1) is 15.4. The largest absolute Gasteiger partial charge is 0.489 e. The molecule has 2 aromatic rings. The number of halogens is 2. The first kappa shape index (κ1) is 21.7. The second-order valence-corrected chi connectivity index (χ2v) is 7.62. The molecule has 0 aromatic heterocycles. The molecular formula is C22H20F2N2O6. The van der Waals surface area contributed by atoms with Crippen molar-refractivity contribution in [3.05, 3.63) is 59.2 Å². The van der Waals surface area contributed by atoms with E-state index in [1.54, 1.807) is 12.1 Å². The van der Waals surface area contributed by atoms with Crippen LogP contribution in [0.2, 0.25) is 0 Å². The minimum Gasteiger partial charge on any atom is -0.489 e. The number of carbonyl (C=O) groups excluding carboxylic acids is 3. The lowest BCUT2D eigenvalue weighted by molar-refractivity contribution is -0.130. The Hall–Kier alpha value is -3.53. The third kappa shape index (κ3) is 4.40. The summed E-state index contributed by atoms with van der Waals surface area (Å²) in [6, 6.07) is 9.11. The highest BCUT2D eigenvalue weighted by atomic mass is 19.3. The maximum atomic E-state index is 13.0. The van der Waals surface area contributed by atoms with Gasteiger partial charge in [-0.3, -0.25) is 24.5 Å². The number of nitrogens with zero attached hydrogens (tertiary/aromatic N) is 1. The molecule has 2 aliphatic rings. The van der Waals surface area contributed by atoms with Gasteiger partial charge in [0, 0.05) is 0 Å². The average molecular weight is 446 g/mol. The highest BCUT2D eigenvalue weighted by molar-refractivity contribution is 6.21. The molecule has 0 saturated heterocycles. The number of alkyl halides is 2. The molecule has 1 saturated carbocycles. The number of ether oxygens (including phenoxy) is 2. The fourth-order valence-electron chi connectivity index (χ4n) is 3.60. The van der Waals surface area contributed by atoms with Crippen molar-refractivity contribution in [3.63, 3.8) is 0 Å². The summed E-state index contributed by atoms with van der Waals surface area (Å²) >= 11 is 0. The third-order valence-corrected chi connectivity index (χ3v) is 5.38. The zero-order valence-electron chi connectivity index (χ0n) is 16.8. The minimum atomic E-state index is -3.07. The fraction of sp³-hybridized carbons (Fsp3) is 0.318. The molecule has 1 heterocycles. The first-order valence-electron chi connectivity index (χ1n) is 10.0. The van der Waals surface area contributed by atoms with Crippen molar-refractivity contribution in [2.24, 2.45) is 5.92 Å². The van der Waals surface area contributed by atoms with E-state index >= 15 is 0 Å². The summed E-state index contributed by atoms with van der Waals surface area (Å²) in [4.78, 5) is 38.9. The SMILES string of the molecule is O=C(CC(c1ccc(OC(F)F)c(OCC2CC2)c1)N1C(=O)c2ccccc2C1=O)NO. The number of benzene rings is 2. The van der Waals surface area contributed by atoms with Crippen molar-refractivity contribution in [2.45, 2.75) is 31.9 Å². The van der Waals surface area contributed by atoms with Crippen LogP contribution in [-0.4, -0.2) is 41.0 Å². The van der Waals surface area contributed by atoms with Crippen LogP contribution in [0.5, 0.6) is 11.5 Å². The normalized spacial score (nSPS) is 16.2. The van der Waals surface area contributed by atoms with Crippen molar-refractivity contribution < 1.29 is 37.8 Å². The molecule has 1 fully saturated rings. The van der Waals surface area contributed by atoms with Gasteiger partial charge < -0.3 is 9.47 Å². The van der Waals surface area contributed by atoms with E-state index in [0.29, 0.717) is 12.5 Å². The van der Waals surface area contributed by atoms with Crippen molar-refractivity contribution in [1.82, 2.24) is 10.4 Å². The maximum Gasteiger partial charge on any atom is 0.387 e. The third-order valence-electron chi connectivity index (χ3n) is 5.38. The number of hydroxylamine groups is 1. The highest BCUT2D eigenvalue weighted by Gasteiger charge is 2.41. The Bertz CT molecular complexity index is 1020. The number of hydrogen-bond donors (Lipinski definition) is 2. The molecular weight excluding hydrogens is 426 g/mol. The van der Waals surface area contributed by atoms with Gasteiger partial charge in [-0.25, -0.2) is 5.48 Å². The second kappa shape index (κ2) is 8.91. The van der Waals surface area contributed by atoms with Gasteiger partial charge in [-0.2, -0.15) is 8.78 Å². The Morgan fingerprint density at radius 2 is 1.75 bits per heavy atom. The molecule has 1 aliphatic carbocycles. The van der Waals surface area contributed by atoms with E-state index in [1.165, 1.54) is 35.8 Å². The van der Waals surface area contributed by atoms with Gasteiger partial charge in [0.2, 0.25) is 5.91 Å². The molecule has 0 radical (unpaired) electrons. The molecule has 2 aromatic carbocycles. The van der Waals surface area contributed by atoms with Crippen LogP contribution in [0.15, 0.2) is 42.5 Å². The van der Waals surface area contributed by atoms with Crippen LogP contribution in [0.1, 0.15) is 51.6 Å². The molecule has 3 amide bonds. The first-order valence-corrected chi connectivity index (χ1v) is 10.0. The molecule has 0 bridgehead atoms. The van der Waals surface area contributed by atoms with Gasteiger partial charge in [0.25, 0.3) is 11.8 Å². The maximum absolute atomic E-state index is 13.0. The van der Waals surface area contributed by atoms with Crippen LogP contribution >= 0.6 is 0 Å². The fourth-order valence-corrected chi connectivity index (χ4v) is 3.60. The minimum absolute atomic E-state index is 0.0146. The molecule has 1 aliphatic heterocycles. The Kier molecular flexibility index (Phi) is 6.04. The number of imide groups is 1. The lowest BCUT2D eigenvalue weighted by Crippen LogP contribution is -2.37. The molecule has 1 unspecified atom stereocenters. The molecule has 4 rings (SSSR count). The average Bonchev–Trinajstić information content (AvgIpc) is 3.58. The van der Waals surface area contributed by atoms with Gasteiger partial charge in [0.15, 0.2) is 11.5 Å². The predicted octanol–water partition coefficient (Wildman–Crippen LogP) is 3.31. The molecule has 168 valence electrons. The molecule has 1 atom stereocenters. The molecule has 10 heteroatoms. The number of hydrogen-bond acceptors (Lipinski definition) is 6. The predicted molar refractivity (Wildman–Crippen MR) is 106 cm³/mol. The summed E-state index contributed by atoms with van der Waals surface area (Å²) in [6.45, 7) is -2.77. The standard InChI is InChI=1S/C22H20F2N2O6/c23-22(24)32-17-8-7-13(9-18(17)31-11-12-5-6-12)16(10-19(27)25-30)26-20(28)14-3-1-2-4-15(14)21(26)29/h1-4,7-9,12,16,22,30H,5-6,10-11H2,(H,25,27). The van der Waals surface area contributed by atoms with E-state index in [9.17, 15) is 23.2 Å². The van der Waals surface area contributed by atoms with Crippen molar-refractivity contribution in [3.8, 4) is 11.5 Å². The van der Waals surface area contributed by atoms with Crippen molar-refractivity contribution >= 4 is 17.7 Å². The summed E-state index contributed by atoms with van der Waals surface area (Å²) in [6.07, 6.45) is 1.50. The van der Waals surface area contributed by atoms with E-state index in [-0.39, 0.29) is 28.2 Å². The summed E-state index contributed by atoms with van der Waals surface area (Å²) in [5.74, 6) is -1.90. The van der Waals surface area contributed by atoms with Gasteiger partial charge in [0.1, 0.15) is 0 Å². The van der Waals surface area contributed by atoms with Gasteiger partial charge in [-0.05, 0) is 48.6 Å². The zero-order chi connectivity index (χ0) is 22.8. The van der Waals surface area contributed by atoms with Gasteiger partial charge in [-0.1, -0.05) is 18.2 Å². The Balaban J connectivity index is 1.71. The van der Waals surface area contributed by atoms with E-state index in [0.717, 1.165) is 17.7 Å². The highest BCUT2D eigenvalue weighted by Crippen LogP contribution is 2.39. The van der Waals surface area contributed by atoms with Crippen LogP contribution in [0, 0.1) is 5.92 Å². The topological polar surface area (TPSA) is 105 Å². The molecule has 2 N–H and O–H groups in total. The number of rotatable bonds is 9. The quantitative estimate of drug-likeness (QED) is 0.348. The Labute approximate surface area is 181 Å². The van der Waals surface area contributed by atoms with Crippen LogP contribution in [0.3, 0.4) is 0 Å². The van der Waals surface area contributed by atoms with Crippen molar-refractivity contribution in [2.75, 3.05) is 6.61 Å². The molecule has 8 nitrogen and oxygen atoms in total. The van der Waals surface area contributed by atoms with Gasteiger partial charge >= 0.3 is 6.61 Å². The lowest BCUT2D eigenvalue weighted by Gasteiger charge is -2.27. The summed E-state index contributed by atoms with van der Waals surface area (Å²) < 4.78 is 35.9. The number of fused-ring (bicyclic) bond motifs is 1. The Morgan fingerprint density at radius 1 is 1.09 bits per heavy atom. The van der Waals surface area contributed by atoms with E-state index < -0.39 is 36.8 Å². The molecule has 0 spiro atoms. The van der Waals surface area contributed by atoms with E-state index in [2.05, 4.69) is 4.74 Å². The number of carbonyl (C=O) groups is 3. The van der Waals surface area contributed by atoms with E-state index in [4.69, 9.17) is 9.94 Å². The Morgan fingerprint density at radius 3 is 2.31 bits per heavy atom. The van der Waals surface area contributed by atoms with Crippen LogP contribution < -0.4 is 15.0 Å². The van der Waals surface area contributed by atoms with Gasteiger partial charge in [-0.15, -0.1) is 0 Å². The summed E-state index contributed by atoms with van der Waals surface area (Å²) in [5.41, 5.74) is 2.16. The summed E-state index contributed by atoms with van der Waals surface area (Å²) in [7, 11) is 0. The van der Waals surface area contributed by atoms with Crippen LogP contribution in [-0.2, 0) is 4.79 Å². The molecule has 32 heavy (non-hydrogen) atoms. The van der Waals surface area contributed by atoms with Crippen LogP contribution in [0.25, 0.3) is 0 Å². The van der Waals surface area contributed by atoms with Crippen molar-refractivity contribution in [1.29, 1.82) is 0 Å². The second-order valence-electron chi connectivity index (χ2n) is 7.62. The van der Waals surface area contributed by atoms with E-state index in [1.807, 2.05) is 0 Å². The lowest BCUT2D eigenvalue weighted by atomic mass is 10.0. The van der Waals surface area contributed by atoms with Gasteiger partial charge in [0.05, 0.1) is 30.2 Å². The van der Waals surface area contributed by atoms with Crippen LogP contribution in [0.4, 0.5) is 8.78 Å².